The summed E-state index contributed by atoms with van der Waals surface area (Å²) in [6, 6.07) is 8.44. The summed E-state index contributed by atoms with van der Waals surface area (Å²) >= 11 is 0. The van der Waals surface area contributed by atoms with E-state index >= 15 is 0 Å². The first kappa shape index (κ1) is 12.8. The molecule has 0 saturated heterocycles. The van der Waals surface area contributed by atoms with E-state index in [1.165, 1.54) is 5.56 Å². The monoisotopic (exact) mass is 244 g/mol. The Balaban J connectivity index is 2.23. The molecule has 4 nitrogen and oxygen atoms in total. The molecule has 0 aliphatic heterocycles. The third-order valence-electron chi connectivity index (χ3n) is 2.89. The highest BCUT2D eigenvalue weighted by atomic mass is 15.2. The molecule has 1 aromatic carbocycles. The van der Waals surface area contributed by atoms with Gasteiger partial charge in [-0.1, -0.05) is 45.0 Å². The van der Waals surface area contributed by atoms with Gasteiger partial charge in [0.05, 0.1) is 6.54 Å². The molecule has 0 fully saturated rings. The average molecular weight is 244 g/mol. The second-order valence-corrected chi connectivity index (χ2v) is 5.46. The Morgan fingerprint density at radius 1 is 1.17 bits per heavy atom. The van der Waals surface area contributed by atoms with Crippen molar-refractivity contribution in [3.05, 3.63) is 35.7 Å². The van der Waals surface area contributed by atoms with E-state index in [0.717, 1.165) is 17.2 Å². The first-order valence-electron chi connectivity index (χ1n) is 6.17. The van der Waals surface area contributed by atoms with Crippen molar-refractivity contribution in [3.63, 3.8) is 0 Å². The molecule has 0 atom stereocenters. The highest BCUT2D eigenvalue weighted by molar-refractivity contribution is 5.55. The maximum atomic E-state index is 4.43. The molecule has 0 amide bonds. The molecular formula is C14H20N4. The van der Waals surface area contributed by atoms with Crippen LogP contribution >= 0.6 is 0 Å². The number of aromatic amines is 1. The van der Waals surface area contributed by atoms with Gasteiger partial charge in [-0.2, -0.15) is 5.10 Å². The van der Waals surface area contributed by atoms with Crippen molar-refractivity contribution in [1.29, 1.82) is 0 Å². The Bertz CT molecular complexity index is 505. The zero-order chi connectivity index (χ0) is 13.2. The van der Waals surface area contributed by atoms with Crippen molar-refractivity contribution >= 4 is 0 Å². The SMILES string of the molecule is CNCc1nc(-c2ccc(C(C)(C)C)cc2)n[nH]1. The number of hydrogen-bond donors (Lipinski definition) is 2. The molecule has 96 valence electrons. The second-order valence-electron chi connectivity index (χ2n) is 5.46. The van der Waals surface area contributed by atoms with E-state index in [9.17, 15) is 0 Å². The molecule has 4 heteroatoms. The Labute approximate surface area is 108 Å². The second kappa shape index (κ2) is 4.90. The van der Waals surface area contributed by atoms with Gasteiger partial charge < -0.3 is 5.32 Å². The zero-order valence-corrected chi connectivity index (χ0v) is 11.4. The molecule has 0 spiro atoms. The van der Waals surface area contributed by atoms with Crippen molar-refractivity contribution in [2.75, 3.05) is 7.05 Å². The number of H-pyrrole nitrogens is 1. The Morgan fingerprint density at radius 3 is 2.39 bits per heavy atom. The lowest BCUT2D eigenvalue weighted by molar-refractivity contribution is 0.590. The van der Waals surface area contributed by atoms with E-state index in [2.05, 4.69) is 65.5 Å². The van der Waals surface area contributed by atoms with E-state index < -0.39 is 0 Å². The Kier molecular flexibility index (Phi) is 3.48. The highest BCUT2D eigenvalue weighted by Crippen LogP contribution is 2.24. The summed E-state index contributed by atoms with van der Waals surface area (Å²) in [6.07, 6.45) is 0. The van der Waals surface area contributed by atoms with Crippen LogP contribution in [0.4, 0.5) is 0 Å². The first-order chi connectivity index (χ1) is 8.50. The summed E-state index contributed by atoms with van der Waals surface area (Å²) in [5.41, 5.74) is 2.54. The van der Waals surface area contributed by atoms with Crippen LogP contribution in [0.2, 0.25) is 0 Å². The predicted octanol–water partition coefficient (Wildman–Crippen LogP) is 2.49. The van der Waals surface area contributed by atoms with Gasteiger partial charge in [-0.15, -0.1) is 0 Å². The fourth-order valence-corrected chi connectivity index (χ4v) is 1.79. The lowest BCUT2D eigenvalue weighted by Gasteiger charge is -2.18. The molecule has 0 bridgehead atoms. The quantitative estimate of drug-likeness (QED) is 0.872. The minimum Gasteiger partial charge on any atom is -0.313 e. The molecule has 2 rings (SSSR count). The molecule has 1 aromatic heterocycles. The van der Waals surface area contributed by atoms with Crippen LogP contribution in [0, 0.1) is 0 Å². The van der Waals surface area contributed by atoms with Crippen molar-refractivity contribution in [2.45, 2.75) is 32.7 Å². The summed E-state index contributed by atoms with van der Waals surface area (Å²) in [6.45, 7) is 7.33. The highest BCUT2D eigenvalue weighted by Gasteiger charge is 2.13. The number of nitrogens with zero attached hydrogens (tertiary/aromatic N) is 2. The largest absolute Gasteiger partial charge is 0.313 e. The van der Waals surface area contributed by atoms with Gasteiger partial charge in [-0.25, -0.2) is 4.98 Å². The van der Waals surface area contributed by atoms with E-state index in [4.69, 9.17) is 0 Å². The third kappa shape index (κ3) is 2.76. The molecule has 0 aliphatic rings. The number of hydrogen-bond acceptors (Lipinski definition) is 3. The molecule has 0 aliphatic carbocycles. The number of nitrogens with one attached hydrogen (secondary N) is 2. The van der Waals surface area contributed by atoms with Gasteiger partial charge in [0.2, 0.25) is 0 Å². The summed E-state index contributed by atoms with van der Waals surface area (Å²) < 4.78 is 0. The lowest BCUT2D eigenvalue weighted by atomic mass is 9.87. The average Bonchev–Trinajstić information content (AvgIpc) is 2.77. The van der Waals surface area contributed by atoms with Gasteiger partial charge in [0.25, 0.3) is 0 Å². The fourth-order valence-electron chi connectivity index (χ4n) is 1.79. The lowest BCUT2D eigenvalue weighted by Crippen LogP contribution is -2.10. The van der Waals surface area contributed by atoms with Crippen LogP contribution in [-0.2, 0) is 12.0 Å². The summed E-state index contributed by atoms with van der Waals surface area (Å²) in [7, 11) is 1.89. The minimum absolute atomic E-state index is 0.175. The molecule has 0 saturated carbocycles. The minimum atomic E-state index is 0.175. The summed E-state index contributed by atoms with van der Waals surface area (Å²) in [4.78, 5) is 4.43. The predicted molar refractivity (Wildman–Crippen MR) is 73.3 cm³/mol. The Morgan fingerprint density at radius 2 is 1.83 bits per heavy atom. The molecule has 0 radical (unpaired) electrons. The molecule has 2 N–H and O–H groups in total. The van der Waals surface area contributed by atoms with Crippen LogP contribution in [0.15, 0.2) is 24.3 Å². The van der Waals surface area contributed by atoms with Gasteiger partial charge in [-0.3, -0.25) is 5.10 Å². The zero-order valence-electron chi connectivity index (χ0n) is 11.4. The standard InChI is InChI=1S/C14H20N4/c1-14(2,3)11-7-5-10(6-8-11)13-16-12(9-15-4)17-18-13/h5-8,15H,9H2,1-4H3,(H,16,17,18). The number of benzene rings is 1. The van der Waals surface area contributed by atoms with Crippen molar-refractivity contribution in [2.24, 2.45) is 0 Å². The van der Waals surface area contributed by atoms with Crippen LogP contribution in [-0.4, -0.2) is 22.2 Å². The Hall–Kier alpha value is -1.68. The van der Waals surface area contributed by atoms with Crippen LogP contribution in [0.25, 0.3) is 11.4 Å². The summed E-state index contributed by atoms with van der Waals surface area (Å²) in [5.74, 6) is 1.60. The first-order valence-corrected chi connectivity index (χ1v) is 6.17. The fraction of sp³-hybridized carbons (Fsp3) is 0.429. The van der Waals surface area contributed by atoms with Gasteiger partial charge in [-0.05, 0) is 18.0 Å². The van der Waals surface area contributed by atoms with Crippen LogP contribution < -0.4 is 5.32 Å². The molecule has 18 heavy (non-hydrogen) atoms. The van der Waals surface area contributed by atoms with Crippen LogP contribution in [0.5, 0.6) is 0 Å². The molecule has 0 unspecified atom stereocenters. The normalized spacial score (nSPS) is 11.8. The van der Waals surface area contributed by atoms with Crippen molar-refractivity contribution in [1.82, 2.24) is 20.5 Å². The number of rotatable bonds is 3. The molecule has 2 aromatic rings. The van der Waals surface area contributed by atoms with Crippen molar-refractivity contribution < 1.29 is 0 Å². The summed E-state index contributed by atoms with van der Waals surface area (Å²) in [5, 5.41) is 10.2. The van der Waals surface area contributed by atoms with Gasteiger partial charge >= 0.3 is 0 Å². The van der Waals surface area contributed by atoms with E-state index in [0.29, 0.717) is 6.54 Å². The third-order valence-corrected chi connectivity index (χ3v) is 2.89. The van der Waals surface area contributed by atoms with Gasteiger partial charge in [0, 0.05) is 5.56 Å². The van der Waals surface area contributed by atoms with E-state index in [-0.39, 0.29) is 5.41 Å². The van der Waals surface area contributed by atoms with Crippen molar-refractivity contribution in [3.8, 4) is 11.4 Å². The van der Waals surface area contributed by atoms with E-state index in [1.807, 2.05) is 7.05 Å². The topological polar surface area (TPSA) is 53.6 Å². The van der Waals surface area contributed by atoms with Gasteiger partial charge in [0.1, 0.15) is 5.82 Å². The smallest absolute Gasteiger partial charge is 0.181 e. The van der Waals surface area contributed by atoms with Crippen LogP contribution in [0.3, 0.4) is 0 Å². The maximum absolute atomic E-state index is 4.43. The maximum Gasteiger partial charge on any atom is 0.181 e. The van der Waals surface area contributed by atoms with E-state index in [1.54, 1.807) is 0 Å². The molecular weight excluding hydrogens is 224 g/mol. The van der Waals surface area contributed by atoms with Gasteiger partial charge in [0.15, 0.2) is 5.82 Å². The molecule has 1 heterocycles. The number of aromatic nitrogens is 3. The van der Waals surface area contributed by atoms with Crippen LogP contribution in [0.1, 0.15) is 32.2 Å².